The molecule has 0 aliphatic carbocycles. The first-order chi connectivity index (χ1) is 14.0. The molecule has 6 nitrogen and oxygen atoms in total. The maximum absolute atomic E-state index is 12.6. The van der Waals surface area contributed by atoms with Crippen LogP contribution in [0.25, 0.3) is 10.9 Å². The highest BCUT2D eigenvalue weighted by Gasteiger charge is 2.29. The predicted molar refractivity (Wildman–Crippen MR) is 118 cm³/mol. The Morgan fingerprint density at radius 2 is 2.03 bits per heavy atom. The van der Waals surface area contributed by atoms with Gasteiger partial charge in [-0.15, -0.1) is 0 Å². The minimum atomic E-state index is -0.0656. The van der Waals surface area contributed by atoms with E-state index in [-0.39, 0.29) is 18.6 Å². The summed E-state index contributed by atoms with van der Waals surface area (Å²) in [6.07, 6.45) is 0. The van der Waals surface area contributed by atoms with Crippen LogP contribution in [0.1, 0.15) is 12.5 Å². The lowest BCUT2D eigenvalue weighted by Gasteiger charge is -2.34. The number of aromatic nitrogens is 1. The average Bonchev–Trinajstić information content (AvgIpc) is 2.72. The van der Waals surface area contributed by atoms with Crippen molar-refractivity contribution < 1.29 is 14.3 Å². The second kappa shape index (κ2) is 8.39. The summed E-state index contributed by atoms with van der Waals surface area (Å²) in [5, 5.41) is 4.38. The molecule has 1 saturated heterocycles. The molecule has 0 radical (unpaired) electrons. The van der Waals surface area contributed by atoms with Crippen LogP contribution in [-0.2, 0) is 16.1 Å². The Kier molecular flexibility index (Phi) is 5.69. The van der Waals surface area contributed by atoms with Gasteiger partial charge in [0.15, 0.2) is 5.82 Å². The molecule has 150 valence electrons. The minimum absolute atomic E-state index is 0.0626. The molecule has 1 atom stereocenters. The summed E-state index contributed by atoms with van der Waals surface area (Å²) in [4.78, 5) is 19.2. The quantitative estimate of drug-likeness (QED) is 0.618. The van der Waals surface area contributed by atoms with Crippen molar-refractivity contribution in [3.63, 3.8) is 0 Å². The van der Waals surface area contributed by atoms with E-state index in [2.05, 4.69) is 21.2 Å². The molecule has 4 rings (SSSR count). The number of carbonyl (C=O) groups excluding carboxylic acids is 1. The van der Waals surface area contributed by atoms with Gasteiger partial charge < -0.3 is 19.7 Å². The van der Waals surface area contributed by atoms with E-state index >= 15 is 0 Å². The zero-order chi connectivity index (χ0) is 20.4. The van der Waals surface area contributed by atoms with E-state index in [0.29, 0.717) is 19.0 Å². The van der Waals surface area contributed by atoms with Gasteiger partial charge in [-0.25, -0.2) is 4.98 Å². The fourth-order valence-electron chi connectivity index (χ4n) is 3.46. The number of rotatable bonds is 5. The fraction of sp³-hybridized carbons (Fsp3) is 0.273. The first-order valence-corrected chi connectivity index (χ1v) is 10.2. The van der Waals surface area contributed by atoms with E-state index < -0.39 is 0 Å². The van der Waals surface area contributed by atoms with Crippen molar-refractivity contribution in [1.29, 1.82) is 0 Å². The van der Waals surface area contributed by atoms with E-state index in [1.807, 2.05) is 55.5 Å². The van der Waals surface area contributed by atoms with Crippen LogP contribution < -0.4 is 15.0 Å². The van der Waals surface area contributed by atoms with Crippen LogP contribution in [0.4, 0.5) is 11.5 Å². The lowest BCUT2D eigenvalue weighted by molar-refractivity contribution is -0.127. The van der Waals surface area contributed by atoms with Gasteiger partial charge in [0.05, 0.1) is 31.0 Å². The molecule has 1 amide bonds. The molecule has 3 aromatic rings. The molecule has 29 heavy (non-hydrogen) atoms. The number of benzene rings is 2. The van der Waals surface area contributed by atoms with E-state index in [1.165, 1.54) is 0 Å². The van der Waals surface area contributed by atoms with Crippen LogP contribution in [0.15, 0.2) is 53.0 Å². The summed E-state index contributed by atoms with van der Waals surface area (Å²) in [6.45, 7) is 3.15. The van der Waals surface area contributed by atoms with Gasteiger partial charge in [0.1, 0.15) is 12.4 Å². The molecule has 0 saturated carbocycles. The van der Waals surface area contributed by atoms with Gasteiger partial charge in [-0.3, -0.25) is 4.79 Å². The summed E-state index contributed by atoms with van der Waals surface area (Å²) in [7, 11) is 1.65. The molecule has 1 aliphatic rings. The van der Waals surface area contributed by atoms with Gasteiger partial charge in [0.25, 0.3) is 5.91 Å². The van der Waals surface area contributed by atoms with Crippen LogP contribution >= 0.6 is 15.9 Å². The number of amides is 1. The van der Waals surface area contributed by atoms with Crippen LogP contribution in [-0.4, -0.2) is 37.3 Å². The van der Waals surface area contributed by atoms with E-state index in [0.717, 1.165) is 32.4 Å². The average molecular weight is 456 g/mol. The molecule has 1 aromatic heterocycles. The standard InChI is InChI=1S/C22H22BrN3O3/c1-14-12-29-13-21(27)26(14)20-10-16-9-17(23)5-8-19(16)25-22(20)24-11-15-3-6-18(28-2)7-4-15/h3-10,14H,11-13H2,1-2H3,(H,24,25). The molecule has 2 aromatic carbocycles. The number of hydrogen-bond donors (Lipinski definition) is 1. The maximum atomic E-state index is 12.6. The van der Waals surface area contributed by atoms with E-state index in [9.17, 15) is 4.79 Å². The van der Waals surface area contributed by atoms with Gasteiger partial charge in [-0.1, -0.05) is 28.1 Å². The summed E-state index contributed by atoms with van der Waals surface area (Å²) in [6, 6.07) is 15.8. The largest absolute Gasteiger partial charge is 0.497 e. The van der Waals surface area contributed by atoms with Crippen molar-refractivity contribution in [1.82, 2.24) is 4.98 Å². The molecule has 1 N–H and O–H groups in total. The highest BCUT2D eigenvalue weighted by atomic mass is 79.9. The molecule has 1 fully saturated rings. The topological polar surface area (TPSA) is 63.7 Å². The lowest BCUT2D eigenvalue weighted by Crippen LogP contribution is -2.48. The van der Waals surface area contributed by atoms with Gasteiger partial charge in [-0.2, -0.15) is 0 Å². The predicted octanol–water partition coefficient (Wildman–Crippen LogP) is 4.37. The number of nitrogens with zero attached hydrogens (tertiary/aromatic N) is 2. The van der Waals surface area contributed by atoms with Gasteiger partial charge in [-0.05, 0) is 48.9 Å². The van der Waals surface area contributed by atoms with Gasteiger partial charge in [0.2, 0.25) is 0 Å². The van der Waals surface area contributed by atoms with Crippen molar-refractivity contribution in [3.05, 3.63) is 58.6 Å². The monoisotopic (exact) mass is 455 g/mol. The Bertz CT molecular complexity index is 1040. The SMILES string of the molecule is COc1ccc(CNc2nc3ccc(Br)cc3cc2N2C(=O)COCC2C)cc1. The Morgan fingerprint density at radius 3 is 2.76 bits per heavy atom. The normalized spacial score (nSPS) is 16.9. The van der Waals surface area contributed by atoms with Crippen molar-refractivity contribution in [2.45, 2.75) is 19.5 Å². The smallest absolute Gasteiger partial charge is 0.253 e. The van der Waals surface area contributed by atoms with Crippen molar-refractivity contribution in [3.8, 4) is 5.75 Å². The zero-order valence-electron chi connectivity index (χ0n) is 16.3. The highest BCUT2D eigenvalue weighted by molar-refractivity contribution is 9.10. The number of carbonyl (C=O) groups is 1. The summed E-state index contributed by atoms with van der Waals surface area (Å²) in [5.41, 5.74) is 2.73. The Morgan fingerprint density at radius 1 is 1.24 bits per heavy atom. The number of morpholine rings is 1. The lowest BCUT2D eigenvalue weighted by atomic mass is 10.1. The van der Waals surface area contributed by atoms with Gasteiger partial charge in [0, 0.05) is 16.4 Å². The highest BCUT2D eigenvalue weighted by Crippen LogP contribution is 2.33. The molecular formula is C22H22BrN3O3. The van der Waals surface area contributed by atoms with Crippen molar-refractivity contribution in [2.24, 2.45) is 0 Å². The number of fused-ring (bicyclic) bond motifs is 1. The first kappa shape index (κ1) is 19.7. The van der Waals surface area contributed by atoms with Crippen LogP contribution in [0, 0.1) is 0 Å². The molecule has 0 spiro atoms. The molecule has 1 unspecified atom stereocenters. The summed E-state index contributed by atoms with van der Waals surface area (Å²) in [5.74, 6) is 1.43. The van der Waals surface area contributed by atoms with Crippen molar-refractivity contribution in [2.75, 3.05) is 30.5 Å². The Balaban J connectivity index is 1.71. The van der Waals surface area contributed by atoms with Crippen LogP contribution in [0.5, 0.6) is 5.75 Å². The summed E-state index contributed by atoms with van der Waals surface area (Å²) >= 11 is 3.51. The number of methoxy groups -OCH3 is 1. The number of nitrogens with one attached hydrogen (secondary N) is 1. The minimum Gasteiger partial charge on any atom is -0.497 e. The first-order valence-electron chi connectivity index (χ1n) is 9.42. The molecule has 2 heterocycles. The summed E-state index contributed by atoms with van der Waals surface area (Å²) < 4.78 is 11.6. The Hall–Kier alpha value is -2.64. The number of halogens is 1. The van der Waals surface area contributed by atoms with Crippen molar-refractivity contribution >= 4 is 44.2 Å². The van der Waals surface area contributed by atoms with E-state index in [4.69, 9.17) is 14.5 Å². The molecule has 0 bridgehead atoms. The fourth-order valence-corrected chi connectivity index (χ4v) is 3.84. The van der Waals surface area contributed by atoms with E-state index in [1.54, 1.807) is 12.0 Å². The van der Waals surface area contributed by atoms with Gasteiger partial charge >= 0.3 is 0 Å². The van der Waals surface area contributed by atoms with Crippen LogP contribution in [0.2, 0.25) is 0 Å². The third-order valence-corrected chi connectivity index (χ3v) is 5.42. The third-order valence-electron chi connectivity index (χ3n) is 4.93. The second-order valence-corrected chi connectivity index (χ2v) is 7.94. The number of ether oxygens (including phenoxy) is 2. The molecule has 7 heteroatoms. The number of pyridine rings is 1. The maximum Gasteiger partial charge on any atom is 0.253 e. The third kappa shape index (κ3) is 4.21. The second-order valence-electron chi connectivity index (χ2n) is 7.02. The molecular weight excluding hydrogens is 434 g/mol. The van der Waals surface area contributed by atoms with Crippen LogP contribution in [0.3, 0.4) is 0 Å². The number of anilines is 2. The Labute approximate surface area is 178 Å². The zero-order valence-corrected chi connectivity index (χ0v) is 17.9. The molecule has 1 aliphatic heterocycles. The number of hydrogen-bond acceptors (Lipinski definition) is 5.